The van der Waals surface area contributed by atoms with Gasteiger partial charge in [-0.25, -0.2) is 0 Å². The quantitative estimate of drug-likeness (QED) is 0.0209. The van der Waals surface area contributed by atoms with E-state index in [-0.39, 0.29) is 114 Å². The van der Waals surface area contributed by atoms with E-state index in [1.807, 2.05) is 12.1 Å². The molecule has 31 heteroatoms. The van der Waals surface area contributed by atoms with Crippen LogP contribution in [0.4, 0.5) is 0 Å². The molecule has 6 N–H and O–H groups in total. The zero-order valence-corrected chi connectivity index (χ0v) is 82.9. The van der Waals surface area contributed by atoms with Crippen LogP contribution in [0.25, 0.3) is 32.7 Å². The Bertz CT molecular complexity index is 6430. The second-order valence-electron chi connectivity index (χ2n) is 35.9. The molecule has 12 aromatic rings. The first-order valence-electron chi connectivity index (χ1n) is 41.7. The molecular weight excluding hydrogens is 1820 g/mol. The standard InChI is InChI=1S/C44H61Cl2N2O5PSi2.C26H21Cl2N2O5P.C26H21Cl2N2O4P/c1-26(2)55(27(3)4,28(5)6)52-41-37-16-15-21-47-40(37)42(53-56(29(7)8,30(9)10)31(11)12)38-39(41)44(50,33-17-19-36(20-18-33)54(13,14)51)48(43(38)49)25-32-22-34(45)24-35(46)23-32;1-36(2,35)18-7-5-15(6-8-18)26(34)21-20(24(32)22-19(23(21)31)4-3-9-29-22)25(33)30(26)13-14-10-16(27)12-17(28)11-14;1-35(2,34)18-7-5-15(6-8-18)23-20-21(25(32)22-19(24(20)31)4-3-9-29-22)26(33)30(23)13-14-10-16(27)12-17(28)11-14/h15-24,26-31,50H,25H2,1-14H3;3-12,31-32,34H,13H2,1-2H3;3-12,23,31-32H,13H2,1-2H3. The first-order chi connectivity index (χ1) is 59.4. The Morgan fingerprint density at radius 2 is 0.709 bits per heavy atom. The first-order valence-corrected chi connectivity index (χ1v) is 56.0. The molecule has 3 unspecified atom stereocenters. The zero-order valence-electron chi connectivity index (χ0n) is 73.7. The molecule has 0 radical (unpaired) electrons. The fourth-order valence-corrected chi connectivity index (χ4v) is 34.0. The van der Waals surface area contributed by atoms with E-state index in [0.29, 0.717) is 113 Å². The van der Waals surface area contributed by atoms with Gasteiger partial charge in [0.1, 0.15) is 61.0 Å². The van der Waals surface area contributed by atoms with E-state index in [4.69, 9.17) is 83.4 Å². The molecule has 3 aromatic heterocycles. The summed E-state index contributed by atoms with van der Waals surface area (Å²) in [6, 6.07) is 45.1. The molecule has 0 saturated heterocycles. The number of nitrogens with zero attached hydrogens (tertiary/aromatic N) is 6. The highest BCUT2D eigenvalue weighted by atomic mass is 35.5. The number of halogens is 6. The van der Waals surface area contributed by atoms with E-state index in [1.165, 1.54) is 23.4 Å². The zero-order chi connectivity index (χ0) is 92.9. The van der Waals surface area contributed by atoms with Crippen LogP contribution in [0.3, 0.4) is 0 Å². The minimum absolute atomic E-state index is 0.00700. The number of phenols is 4. The van der Waals surface area contributed by atoms with Crippen LogP contribution >= 0.6 is 91.0 Å². The average molecular weight is 1930 g/mol. The SMILES string of the molecule is CC(C)[Si](Oc1c2c(c(O[Si](C(C)C)(C(C)C)C(C)C)c3ncccc13)C(=O)N(Cc1cc(Cl)cc(Cl)c1)C2(O)c1ccc(P(C)(C)=O)cc1)(C(C)C)C(C)C.CP(C)(=O)c1ccc(C2(O)c3c(c(O)c4ncccc4c3O)C(=O)N2Cc2cc(Cl)cc(Cl)c2)cc1.CP(C)(=O)c1ccc(C2c3c(c(O)c4ncccc4c3O)C(=O)N2Cc2cc(Cl)cc(Cl)c2)cc1. The van der Waals surface area contributed by atoms with Gasteiger partial charge in [-0.3, -0.25) is 39.1 Å². The second-order valence-corrected chi connectivity index (χ2v) is 58.9. The third-order valence-electron chi connectivity index (χ3n) is 24.9. The minimum Gasteiger partial charge on any atom is -0.542 e. The van der Waals surface area contributed by atoms with Gasteiger partial charge in [-0.1, -0.05) is 225 Å². The number of pyridine rings is 3. The molecule has 3 aliphatic rings. The largest absolute Gasteiger partial charge is 0.542 e. The van der Waals surface area contributed by atoms with Crippen molar-refractivity contribution >= 4 is 174 Å². The number of rotatable bonds is 22. The highest BCUT2D eigenvalue weighted by Crippen LogP contribution is 2.60. The molecule has 3 atom stereocenters. The van der Waals surface area contributed by atoms with Crippen LogP contribution in [0.5, 0.6) is 34.5 Å². The Morgan fingerprint density at radius 1 is 0.386 bits per heavy atom. The van der Waals surface area contributed by atoms with Gasteiger partial charge < -0.3 is 58.1 Å². The molecule has 0 aliphatic carbocycles. The van der Waals surface area contributed by atoms with E-state index in [0.717, 1.165) is 4.90 Å². The summed E-state index contributed by atoms with van der Waals surface area (Å²) in [5, 5.41) is 76.4. The normalized spacial score (nSPS) is 16.7. The number of amides is 3. The summed E-state index contributed by atoms with van der Waals surface area (Å²) in [6.07, 6.45) is 4.65. The number of carbonyl (C=O) groups is 3. The molecule has 0 bridgehead atoms. The number of aromatic hydroxyl groups is 4. The molecule has 127 heavy (non-hydrogen) atoms. The van der Waals surface area contributed by atoms with Crippen molar-refractivity contribution in [1.82, 2.24) is 29.7 Å². The van der Waals surface area contributed by atoms with E-state index >= 15 is 4.79 Å². The summed E-state index contributed by atoms with van der Waals surface area (Å²) in [5.74, 6) is -1.98. The molecule has 0 fully saturated rings. The van der Waals surface area contributed by atoms with Crippen LogP contribution in [-0.4, -0.2) is 135 Å². The van der Waals surface area contributed by atoms with Crippen LogP contribution in [0, 0.1) is 0 Å². The van der Waals surface area contributed by atoms with E-state index in [2.05, 4.69) is 93.1 Å². The van der Waals surface area contributed by atoms with Crippen molar-refractivity contribution in [3.05, 3.63) is 279 Å². The minimum atomic E-state index is -2.75. The lowest BCUT2D eigenvalue weighted by atomic mass is 9.90. The molecule has 20 nitrogen and oxygen atoms in total. The molecule has 9 aromatic carbocycles. The van der Waals surface area contributed by atoms with Crippen molar-refractivity contribution in [2.24, 2.45) is 0 Å². The van der Waals surface area contributed by atoms with Crippen LogP contribution in [0.1, 0.15) is 170 Å². The fourth-order valence-electron chi connectivity index (χ4n) is 19.2. The van der Waals surface area contributed by atoms with Gasteiger partial charge in [-0.2, -0.15) is 0 Å². The highest BCUT2D eigenvalue weighted by Gasteiger charge is 2.59. The number of fused-ring (bicyclic) bond motifs is 6. The maximum absolute atomic E-state index is 15.7. The number of hydrogen-bond donors (Lipinski definition) is 6. The Morgan fingerprint density at radius 3 is 1.09 bits per heavy atom. The van der Waals surface area contributed by atoms with Crippen LogP contribution < -0.4 is 24.8 Å². The summed E-state index contributed by atoms with van der Waals surface area (Å²) in [7, 11) is -13.2. The third kappa shape index (κ3) is 17.5. The molecule has 3 amide bonds. The van der Waals surface area contributed by atoms with Gasteiger partial charge in [0.05, 0.1) is 33.9 Å². The number of carbonyl (C=O) groups excluding carboxylic acids is 3. The lowest BCUT2D eigenvalue weighted by Gasteiger charge is -2.44. The van der Waals surface area contributed by atoms with Gasteiger partial charge >= 0.3 is 0 Å². The number of aromatic nitrogens is 3. The summed E-state index contributed by atoms with van der Waals surface area (Å²) >= 11 is 37.8. The smallest absolute Gasteiger partial charge is 0.261 e. The molecular formula is C96H103Cl6N6O14P3Si2. The second kappa shape index (κ2) is 36.2. The predicted molar refractivity (Wildman–Crippen MR) is 519 cm³/mol. The van der Waals surface area contributed by atoms with E-state index in [9.17, 15) is 53.9 Å². The molecule has 666 valence electrons. The van der Waals surface area contributed by atoms with Crippen molar-refractivity contribution in [2.75, 3.05) is 40.0 Å². The first kappa shape index (κ1) is 95.8. The number of benzene rings is 9. The summed E-state index contributed by atoms with van der Waals surface area (Å²) in [4.78, 5) is 60.6. The molecule has 3 aliphatic heterocycles. The van der Waals surface area contributed by atoms with Crippen molar-refractivity contribution in [2.45, 2.75) is 153 Å². The fraction of sp³-hybridized carbons (Fsp3) is 0.312. The van der Waals surface area contributed by atoms with Gasteiger partial charge in [-0.05, 0) is 186 Å². The number of hydrogen-bond acceptors (Lipinski definition) is 17. The van der Waals surface area contributed by atoms with Gasteiger partial charge in [0.25, 0.3) is 34.4 Å². The van der Waals surface area contributed by atoms with Crippen molar-refractivity contribution < 1.29 is 67.6 Å². The Hall–Kier alpha value is -8.80. The van der Waals surface area contributed by atoms with Gasteiger partial charge in [-0.15, -0.1) is 0 Å². The molecule has 6 heterocycles. The van der Waals surface area contributed by atoms with Gasteiger partial charge in [0, 0.05) is 117 Å². The Balaban J connectivity index is 0.000000170. The topological polar surface area (TPSA) is 291 Å². The van der Waals surface area contributed by atoms with Crippen LogP contribution in [0.15, 0.2) is 182 Å². The Labute approximate surface area is 772 Å². The number of phenolic OH excluding ortho intramolecular Hbond substituents is 4. The average Bonchev–Trinajstić information content (AvgIpc) is 1.55. The summed E-state index contributed by atoms with van der Waals surface area (Å²) in [6.45, 7) is 36.6. The van der Waals surface area contributed by atoms with Crippen molar-refractivity contribution in [1.29, 1.82) is 0 Å². The highest BCUT2D eigenvalue weighted by molar-refractivity contribution is 7.70. The van der Waals surface area contributed by atoms with E-state index < -0.39 is 79.0 Å². The monoisotopic (exact) mass is 1920 g/mol. The maximum Gasteiger partial charge on any atom is 0.261 e. The Kier molecular flexibility index (Phi) is 27.3. The lowest BCUT2D eigenvalue weighted by molar-refractivity contribution is -0.0557. The van der Waals surface area contributed by atoms with Crippen LogP contribution in [0.2, 0.25) is 63.4 Å². The maximum atomic E-state index is 15.7. The summed E-state index contributed by atoms with van der Waals surface area (Å²) in [5.41, 5.74) is 1.26. The van der Waals surface area contributed by atoms with Gasteiger partial charge in [0.15, 0.2) is 22.9 Å². The number of aliphatic hydroxyl groups is 2. The third-order valence-corrected chi connectivity index (χ3v) is 42.8. The molecule has 0 saturated carbocycles. The van der Waals surface area contributed by atoms with Crippen LogP contribution in [-0.2, 0) is 44.8 Å². The molecule has 0 spiro atoms. The lowest BCUT2D eigenvalue weighted by Crippen LogP contribution is -2.51. The van der Waals surface area contributed by atoms with Crippen molar-refractivity contribution in [3.63, 3.8) is 0 Å². The predicted octanol–water partition coefficient (Wildman–Crippen LogP) is 23.7. The van der Waals surface area contributed by atoms with Gasteiger partial charge in [0.2, 0.25) is 0 Å². The van der Waals surface area contributed by atoms with Crippen molar-refractivity contribution in [3.8, 4) is 34.5 Å². The van der Waals surface area contributed by atoms with E-state index in [1.54, 1.807) is 197 Å². The summed E-state index contributed by atoms with van der Waals surface area (Å²) < 4.78 is 53.6. The molecule has 15 rings (SSSR count).